The van der Waals surface area contributed by atoms with Crippen molar-refractivity contribution in [1.29, 1.82) is 0 Å². The Bertz CT molecular complexity index is 700. The van der Waals surface area contributed by atoms with Crippen molar-refractivity contribution in [2.75, 3.05) is 6.61 Å². The minimum Gasteiger partial charge on any atom is -0.394 e. The van der Waals surface area contributed by atoms with Crippen LogP contribution in [0, 0.1) is 5.92 Å². The summed E-state index contributed by atoms with van der Waals surface area (Å²) in [6.45, 7) is 1.79. The Labute approximate surface area is 128 Å². The van der Waals surface area contributed by atoms with Gasteiger partial charge in [0.1, 0.15) is 10.8 Å². The molecule has 4 nitrogen and oxygen atoms in total. The number of nitrogens with one attached hydrogen (secondary N) is 1. The minimum atomic E-state index is -0.586. The van der Waals surface area contributed by atoms with E-state index in [0.29, 0.717) is 11.1 Å². The maximum absolute atomic E-state index is 12.4. The van der Waals surface area contributed by atoms with E-state index in [2.05, 4.69) is 10.3 Å². The molecule has 1 heterocycles. The lowest BCUT2D eigenvalue weighted by Gasteiger charge is -2.28. The zero-order valence-electron chi connectivity index (χ0n) is 11.8. The van der Waals surface area contributed by atoms with Crippen molar-refractivity contribution in [3.63, 3.8) is 0 Å². The van der Waals surface area contributed by atoms with Gasteiger partial charge in [0.05, 0.1) is 12.1 Å². The summed E-state index contributed by atoms with van der Waals surface area (Å²) in [7, 11) is 0. The van der Waals surface area contributed by atoms with Crippen LogP contribution in [0.1, 0.15) is 30.3 Å². The van der Waals surface area contributed by atoms with Crippen molar-refractivity contribution in [1.82, 2.24) is 10.3 Å². The number of carbonyl (C=O) groups is 1. The van der Waals surface area contributed by atoms with Crippen LogP contribution in [0.25, 0.3) is 10.8 Å². The largest absolute Gasteiger partial charge is 0.394 e. The lowest BCUT2D eigenvalue weighted by molar-refractivity contribution is 0.0820. The molecule has 1 aliphatic carbocycles. The van der Waals surface area contributed by atoms with E-state index in [1.54, 1.807) is 6.07 Å². The van der Waals surface area contributed by atoms with E-state index in [1.807, 2.05) is 31.2 Å². The molecule has 2 aromatic rings. The van der Waals surface area contributed by atoms with Gasteiger partial charge in [0.2, 0.25) is 0 Å². The maximum atomic E-state index is 12.4. The number of amides is 1. The lowest BCUT2D eigenvalue weighted by Crippen LogP contribution is -2.50. The first-order chi connectivity index (χ1) is 10.0. The summed E-state index contributed by atoms with van der Waals surface area (Å²) in [5.74, 6) is 0.0356. The first-order valence-electron chi connectivity index (χ1n) is 7.02. The smallest absolute Gasteiger partial charge is 0.270 e. The summed E-state index contributed by atoms with van der Waals surface area (Å²) in [6.07, 6.45) is 2.06. The van der Waals surface area contributed by atoms with Crippen molar-refractivity contribution in [2.24, 2.45) is 5.92 Å². The lowest BCUT2D eigenvalue weighted by atomic mass is 9.96. The van der Waals surface area contributed by atoms with Crippen molar-refractivity contribution in [3.8, 4) is 0 Å². The molecule has 1 amide bonds. The molecule has 0 spiro atoms. The second-order valence-corrected chi connectivity index (χ2v) is 6.18. The van der Waals surface area contributed by atoms with Gasteiger partial charge in [-0.05, 0) is 37.1 Å². The number of fused-ring (bicyclic) bond motifs is 1. The van der Waals surface area contributed by atoms with Crippen molar-refractivity contribution in [2.45, 2.75) is 25.3 Å². The Balaban J connectivity index is 1.91. The molecule has 21 heavy (non-hydrogen) atoms. The fourth-order valence-corrected chi connectivity index (χ4v) is 2.85. The summed E-state index contributed by atoms with van der Waals surface area (Å²) in [5.41, 5.74) is -0.310. The molecule has 110 valence electrons. The molecule has 0 aliphatic heterocycles. The first kappa shape index (κ1) is 14.3. The molecule has 1 saturated carbocycles. The fraction of sp³-hybridized carbons (Fsp3) is 0.375. The summed E-state index contributed by atoms with van der Waals surface area (Å²) in [6, 6.07) is 9.26. The van der Waals surface area contributed by atoms with Crippen LogP contribution in [0.5, 0.6) is 0 Å². The van der Waals surface area contributed by atoms with Gasteiger partial charge in [0.25, 0.3) is 5.91 Å². The van der Waals surface area contributed by atoms with Gasteiger partial charge >= 0.3 is 0 Å². The van der Waals surface area contributed by atoms with E-state index in [9.17, 15) is 9.90 Å². The second-order valence-electron chi connectivity index (χ2n) is 5.82. The van der Waals surface area contributed by atoms with E-state index in [4.69, 9.17) is 11.6 Å². The van der Waals surface area contributed by atoms with Gasteiger partial charge in [-0.3, -0.25) is 4.79 Å². The predicted molar refractivity (Wildman–Crippen MR) is 82.4 cm³/mol. The van der Waals surface area contributed by atoms with E-state index >= 15 is 0 Å². The first-order valence-corrected chi connectivity index (χ1v) is 7.40. The number of aromatic nitrogens is 1. The van der Waals surface area contributed by atoms with Gasteiger partial charge in [-0.1, -0.05) is 35.9 Å². The van der Waals surface area contributed by atoms with Crippen LogP contribution < -0.4 is 5.32 Å². The Hall–Kier alpha value is -1.65. The van der Waals surface area contributed by atoms with E-state index < -0.39 is 5.54 Å². The van der Waals surface area contributed by atoms with E-state index in [1.165, 1.54) is 0 Å². The monoisotopic (exact) mass is 304 g/mol. The third-order valence-corrected chi connectivity index (χ3v) is 4.42. The van der Waals surface area contributed by atoms with E-state index in [-0.39, 0.29) is 18.2 Å². The Morgan fingerprint density at radius 2 is 2.19 bits per heavy atom. The van der Waals surface area contributed by atoms with Crippen LogP contribution in [0.2, 0.25) is 5.15 Å². The normalized spacial score (nSPS) is 17.5. The highest BCUT2D eigenvalue weighted by atomic mass is 35.5. The molecule has 1 unspecified atom stereocenters. The van der Waals surface area contributed by atoms with Crippen LogP contribution in [-0.4, -0.2) is 28.1 Å². The average molecular weight is 305 g/mol. The Kier molecular flexibility index (Phi) is 3.59. The number of benzene rings is 1. The highest BCUT2D eigenvalue weighted by Crippen LogP contribution is 2.39. The van der Waals surface area contributed by atoms with Gasteiger partial charge in [0, 0.05) is 5.39 Å². The van der Waals surface area contributed by atoms with Crippen molar-refractivity contribution < 1.29 is 9.90 Å². The molecule has 2 N–H and O–H groups in total. The molecular formula is C16H17ClN2O2. The standard InChI is InChI=1S/C16H17ClN2O2/c1-16(9-20,11-6-7-11)19-15(21)13-8-10-4-2-3-5-12(10)14(17)18-13/h2-5,8,11,20H,6-7,9H2,1H3,(H,19,21). The molecule has 1 atom stereocenters. The maximum Gasteiger partial charge on any atom is 0.270 e. The number of halogens is 1. The fourth-order valence-electron chi connectivity index (χ4n) is 2.59. The van der Waals surface area contributed by atoms with Gasteiger partial charge in [-0.25, -0.2) is 4.98 Å². The SMILES string of the molecule is CC(CO)(NC(=O)c1cc2ccccc2c(Cl)n1)C1CC1. The number of rotatable bonds is 4. The van der Waals surface area contributed by atoms with Gasteiger partial charge in [-0.15, -0.1) is 0 Å². The molecule has 5 heteroatoms. The number of pyridine rings is 1. The topological polar surface area (TPSA) is 62.2 Å². The molecule has 0 radical (unpaired) electrons. The average Bonchev–Trinajstić information content (AvgIpc) is 3.32. The molecule has 0 bridgehead atoms. The van der Waals surface area contributed by atoms with Crippen LogP contribution in [-0.2, 0) is 0 Å². The number of carbonyl (C=O) groups excluding carboxylic acids is 1. The number of hydrogen-bond donors (Lipinski definition) is 2. The molecule has 0 saturated heterocycles. The molecule has 1 aliphatic rings. The Morgan fingerprint density at radius 1 is 1.48 bits per heavy atom. The third kappa shape index (κ3) is 2.74. The highest BCUT2D eigenvalue weighted by molar-refractivity contribution is 6.34. The van der Waals surface area contributed by atoms with Gasteiger partial charge in [0.15, 0.2) is 0 Å². The van der Waals surface area contributed by atoms with Crippen molar-refractivity contribution >= 4 is 28.3 Å². The highest BCUT2D eigenvalue weighted by Gasteiger charge is 2.42. The molecule has 1 fully saturated rings. The number of aliphatic hydroxyl groups is 1. The Morgan fingerprint density at radius 3 is 2.86 bits per heavy atom. The molecule has 1 aromatic carbocycles. The van der Waals surface area contributed by atoms with Gasteiger partial charge in [-0.2, -0.15) is 0 Å². The third-order valence-electron chi connectivity index (χ3n) is 4.13. The quantitative estimate of drug-likeness (QED) is 0.854. The zero-order chi connectivity index (χ0) is 15.0. The van der Waals surface area contributed by atoms with Crippen LogP contribution in [0.4, 0.5) is 0 Å². The molecule has 1 aromatic heterocycles. The number of nitrogens with zero attached hydrogens (tertiary/aromatic N) is 1. The van der Waals surface area contributed by atoms with Crippen LogP contribution in [0.15, 0.2) is 30.3 Å². The predicted octanol–water partition coefficient (Wildman–Crippen LogP) is 2.78. The number of hydrogen-bond acceptors (Lipinski definition) is 3. The summed E-state index contributed by atoms with van der Waals surface area (Å²) in [5, 5.41) is 14.5. The minimum absolute atomic E-state index is 0.0787. The van der Waals surface area contributed by atoms with Crippen LogP contribution >= 0.6 is 11.6 Å². The summed E-state index contributed by atoms with van der Waals surface area (Å²) < 4.78 is 0. The van der Waals surface area contributed by atoms with Crippen molar-refractivity contribution in [3.05, 3.63) is 41.2 Å². The molecular weight excluding hydrogens is 288 g/mol. The van der Waals surface area contributed by atoms with Gasteiger partial charge < -0.3 is 10.4 Å². The van der Waals surface area contributed by atoms with Crippen LogP contribution in [0.3, 0.4) is 0 Å². The summed E-state index contributed by atoms with van der Waals surface area (Å²) >= 11 is 6.15. The van der Waals surface area contributed by atoms with E-state index in [0.717, 1.165) is 23.6 Å². The second kappa shape index (κ2) is 5.28. The zero-order valence-corrected chi connectivity index (χ0v) is 12.5. The molecule has 3 rings (SSSR count). The number of aliphatic hydroxyl groups excluding tert-OH is 1. The summed E-state index contributed by atoms with van der Waals surface area (Å²) in [4.78, 5) is 16.6.